The topological polar surface area (TPSA) is 80.9 Å². The number of primary amides is 1. The Kier molecular flexibility index (Phi) is 3.70. The Morgan fingerprint density at radius 1 is 1.47 bits per heavy atom. The second-order valence-corrected chi connectivity index (χ2v) is 5.28. The van der Waals surface area contributed by atoms with Crippen LogP contribution in [0, 0.1) is 12.3 Å². The maximum atomic E-state index is 11.3. The van der Waals surface area contributed by atoms with Gasteiger partial charge in [-0.1, -0.05) is 20.8 Å². The lowest BCUT2D eigenvalue weighted by molar-refractivity contribution is 0.1000. The van der Waals surface area contributed by atoms with Gasteiger partial charge in [-0.25, -0.2) is 9.97 Å². The Balaban J connectivity index is 3.04. The monoisotopic (exact) mass is 236 g/mol. The van der Waals surface area contributed by atoms with Crippen LogP contribution in [0.1, 0.15) is 43.9 Å². The summed E-state index contributed by atoms with van der Waals surface area (Å²) in [6.45, 7) is 10.2. The van der Waals surface area contributed by atoms with Gasteiger partial charge >= 0.3 is 0 Å². The molecule has 0 aliphatic rings. The summed E-state index contributed by atoms with van der Waals surface area (Å²) in [5.41, 5.74) is 5.68. The number of aryl methyl sites for hydroxylation is 1. The van der Waals surface area contributed by atoms with Crippen LogP contribution in [-0.2, 0) is 0 Å². The zero-order valence-corrected chi connectivity index (χ0v) is 11.0. The summed E-state index contributed by atoms with van der Waals surface area (Å²) in [4.78, 5) is 19.5. The summed E-state index contributed by atoms with van der Waals surface area (Å²) in [6, 6.07) is 0.162. The molecule has 0 radical (unpaired) electrons. The zero-order chi connectivity index (χ0) is 13.2. The molecule has 1 aromatic rings. The first-order chi connectivity index (χ1) is 7.71. The van der Waals surface area contributed by atoms with E-state index in [4.69, 9.17) is 5.73 Å². The van der Waals surface area contributed by atoms with E-state index in [-0.39, 0.29) is 11.5 Å². The molecular weight excluding hydrogens is 216 g/mol. The molecule has 1 heterocycles. The number of carbonyl (C=O) groups excluding carboxylic acids is 1. The summed E-state index contributed by atoms with van der Waals surface area (Å²) >= 11 is 0. The van der Waals surface area contributed by atoms with Gasteiger partial charge in [0.1, 0.15) is 11.6 Å². The van der Waals surface area contributed by atoms with Crippen molar-refractivity contribution in [3.63, 3.8) is 0 Å². The first kappa shape index (κ1) is 13.4. The van der Waals surface area contributed by atoms with Crippen LogP contribution in [-0.4, -0.2) is 21.9 Å². The van der Waals surface area contributed by atoms with Gasteiger partial charge in [0.2, 0.25) is 0 Å². The van der Waals surface area contributed by atoms with Crippen LogP contribution in [0.5, 0.6) is 0 Å². The smallest absolute Gasteiger partial charge is 0.254 e. The molecule has 0 fully saturated rings. The Bertz CT molecular complexity index is 423. The van der Waals surface area contributed by atoms with E-state index in [1.54, 1.807) is 6.92 Å². The molecule has 1 aromatic heterocycles. The average Bonchev–Trinajstić information content (AvgIpc) is 2.15. The molecule has 5 nitrogen and oxygen atoms in total. The number of amides is 1. The van der Waals surface area contributed by atoms with Gasteiger partial charge in [-0.2, -0.15) is 0 Å². The van der Waals surface area contributed by atoms with E-state index in [0.717, 1.165) is 0 Å². The van der Waals surface area contributed by atoms with Crippen LogP contribution in [0.25, 0.3) is 0 Å². The molecule has 0 aliphatic carbocycles. The van der Waals surface area contributed by atoms with Crippen molar-refractivity contribution < 1.29 is 4.79 Å². The van der Waals surface area contributed by atoms with Crippen molar-refractivity contribution in [2.24, 2.45) is 11.1 Å². The van der Waals surface area contributed by atoms with Crippen molar-refractivity contribution in [3.05, 3.63) is 17.6 Å². The molecule has 0 aromatic carbocycles. The number of nitrogens with one attached hydrogen (secondary N) is 1. The van der Waals surface area contributed by atoms with Crippen molar-refractivity contribution in [2.75, 3.05) is 5.32 Å². The lowest BCUT2D eigenvalue weighted by atomic mass is 9.88. The van der Waals surface area contributed by atoms with Crippen LogP contribution < -0.4 is 11.1 Å². The Morgan fingerprint density at radius 3 is 2.53 bits per heavy atom. The largest absolute Gasteiger partial charge is 0.366 e. The molecule has 0 saturated carbocycles. The maximum Gasteiger partial charge on any atom is 0.254 e. The molecule has 5 heteroatoms. The molecule has 94 valence electrons. The predicted octanol–water partition coefficient (Wildman–Crippen LogP) is 1.73. The summed E-state index contributed by atoms with van der Waals surface area (Å²) in [7, 11) is 0. The van der Waals surface area contributed by atoms with E-state index in [1.165, 1.54) is 6.20 Å². The van der Waals surface area contributed by atoms with Crippen molar-refractivity contribution in [3.8, 4) is 0 Å². The standard InChI is InChI=1S/C12H20N4O/c1-7(12(3,4)5)15-11-9(10(13)17)6-14-8(2)16-11/h6-7H,1-5H3,(H2,13,17)(H,14,15,16). The van der Waals surface area contributed by atoms with Gasteiger partial charge in [-0.05, 0) is 19.3 Å². The van der Waals surface area contributed by atoms with Gasteiger partial charge in [0, 0.05) is 12.2 Å². The molecule has 1 unspecified atom stereocenters. The number of anilines is 1. The molecule has 0 spiro atoms. The first-order valence-corrected chi connectivity index (χ1v) is 5.62. The minimum absolute atomic E-state index is 0.0633. The first-order valence-electron chi connectivity index (χ1n) is 5.62. The van der Waals surface area contributed by atoms with Crippen molar-refractivity contribution in [2.45, 2.75) is 40.7 Å². The zero-order valence-electron chi connectivity index (χ0n) is 11.0. The second kappa shape index (κ2) is 4.69. The van der Waals surface area contributed by atoms with Gasteiger partial charge in [0.25, 0.3) is 5.91 Å². The van der Waals surface area contributed by atoms with E-state index in [1.807, 2.05) is 6.92 Å². The summed E-state index contributed by atoms with van der Waals surface area (Å²) in [5, 5.41) is 3.22. The normalized spacial score (nSPS) is 13.2. The number of hydrogen-bond donors (Lipinski definition) is 2. The lowest BCUT2D eigenvalue weighted by Crippen LogP contribution is -2.32. The molecular formula is C12H20N4O. The third kappa shape index (κ3) is 3.41. The molecule has 0 aliphatic heterocycles. The molecule has 1 atom stereocenters. The van der Waals surface area contributed by atoms with Gasteiger partial charge < -0.3 is 11.1 Å². The number of nitrogens with zero attached hydrogens (tertiary/aromatic N) is 2. The highest BCUT2D eigenvalue weighted by Crippen LogP contribution is 2.23. The molecule has 0 saturated heterocycles. The van der Waals surface area contributed by atoms with Crippen LogP contribution in [0.15, 0.2) is 6.20 Å². The van der Waals surface area contributed by atoms with Gasteiger partial charge in [0.15, 0.2) is 0 Å². The highest BCUT2D eigenvalue weighted by atomic mass is 16.1. The Hall–Kier alpha value is -1.65. The molecule has 1 amide bonds. The fourth-order valence-corrected chi connectivity index (χ4v) is 1.18. The second-order valence-electron chi connectivity index (χ2n) is 5.28. The Labute approximate surface area is 102 Å². The highest BCUT2D eigenvalue weighted by Gasteiger charge is 2.22. The summed E-state index contributed by atoms with van der Waals surface area (Å²) in [5.74, 6) is 0.597. The minimum atomic E-state index is -0.520. The highest BCUT2D eigenvalue weighted by molar-refractivity contribution is 5.97. The van der Waals surface area contributed by atoms with Crippen LogP contribution in [0.4, 0.5) is 5.82 Å². The summed E-state index contributed by atoms with van der Waals surface area (Å²) < 4.78 is 0. The van der Waals surface area contributed by atoms with Crippen LogP contribution in [0.3, 0.4) is 0 Å². The predicted molar refractivity (Wildman–Crippen MR) is 67.8 cm³/mol. The van der Waals surface area contributed by atoms with E-state index in [9.17, 15) is 4.79 Å². The van der Waals surface area contributed by atoms with Gasteiger partial charge in [-0.15, -0.1) is 0 Å². The van der Waals surface area contributed by atoms with Crippen molar-refractivity contribution in [1.29, 1.82) is 0 Å². The van der Waals surface area contributed by atoms with Crippen molar-refractivity contribution in [1.82, 2.24) is 9.97 Å². The lowest BCUT2D eigenvalue weighted by Gasteiger charge is -2.29. The third-order valence-electron chi connectivity index (χ3n) is 2.83. The number of hydrogen-bond acceptors (Lipinski definition) is 4. The van der Waals surface area contributed by atoms with Gasteiger partial charge in [0.05, 0.1) is 5.56 Å². The number of rotatable bonds is 3. The fourth-order valence-electron chi connectivity index (χ4n) is 1.18. The molecule has 0 bridgehead atoms. The Morgan fingerprint density at radius 2 is 2.06 bits per heavy atom. The third-order valence-corrected chi connectivity index (χ3v) is 2.83. The molecule has 1 rings (SSSR count). The van der Waals surface area contributed by atoms with Crippen LogP contribution in [0.2, 0.25) is 0 Å². The van der Waals surface area contributed by atoms with Crippen LogP contribution >= 0.6 is 0 Å². The van der Waals surface area contributed by atoms with Crippen molar-refractivity contribution >= 4 is 11.7 Å². The van der Waals surface area contributed by atoms with E-state index in [2.05, 4.69) is 36.1 Å². The SMILES string of the molecule is Cc1ncc(C(N)=O)c(NC(C)C(C)(C)C)n1. The van der Waals surface area contributed by atoms with E-state index < -0.39 is 5.91 Å². The number of nitrogens with two attached hydrogens (primary N) is 1. The molecule has 17 heavy (non-hydrogen) atoms. The fraction of sp³-hybridized carbons (Fsp3) is 0.583. The van der Waals surface area contributed by atoms with E-state index in [0.29, 0.717) is 17.2 Å². The quantitative estimate of drug-likeness (QED) is 0.837. The minimum Gasteiger partial charge on any atom is -0.366 e. The average molecular weight is 236 g/mol. The maximum absolute atomic E-state index is 11.3. The molecule has 3 N–H and O–H groups in total. The van der Waals surface area contributed by atoms with Gasteiger partial charge in [-0.3, -0.25) is 4.79 Å². The van der Waals surface area contributed by atoms with E-state index >= 15 is 0 Å². The number of aromatic nitrogens is 2. The summed E-state index contributed by atoms with van der Waals surface area (Å²) in [6.07, 6.45) is 1.46. The number of carbonyl (C=O) groups is 1.